The van der Waals surface area contributed by atoms with Crippen molar-refractivity contribution >= 4 is 21.7 Å². The zero-order valence-corrected chi connectivity index (χ0v) is 9.70. The highest BCUT2D eigenvalue weighted by atomic mass is 79.9. The van der Waals surface area contributed by atoms with Gasteiger partial charge in [0.1, 0.15) is 0 Å². The lowest BCUT2D eigenvalue weighted by molar-refractivity contribution is -0.389. The largest absolute Gasteiger partial charge is 0.492 e. The molecule has 0 aliphatic carbocycles. The van der Waals surface area contributed by atoms with Gasteiger partial charge < -0.3 is 14.9 Å². The molecule has 88 valence electrons. The second-order valence-corrected chi connectivity index (χ2v) is 3.30. The Bertz CT molecular complexity index is 415. The van der Waals surface area contributed by atoms with Crippen molar-refractivity contribution in [3.05, 3.63) is 27.4 Å². The number of ether oxygens (including phenoxy) is 1. The number of methoxy groups -OCH3 is 1. The number of hydrogen-bond donors (Lipinski definition) is 0. The van der Waals surface area contributed by atoms with Gasteiger partial charge in [0, 0.05) is 6.07 Å². The van der Waals surface area contributed by atoms with Crippen LogP contribution < -0.4 is 4.74 Å². The minimum atomic E-state index is -2.85. The molecule has 1 heterocycles. The van der Waals surface area contributed by atoms with Gasteiger partial charge in [0.05, 0.1) is 18.0 Å². The Balaban J connectivity index is 3.43. The molecule has 5 nitrogen and oxygen atoms in total. The third-order valence-electron chi connectivity index (χ3n) is 1.81. The molecule has 1 rings (SSSR count). The first-order valence-electron chi connectivity index (χ1n) is 4.07. The maximum atomic E-state index is 12.6. The summed E-state index contributed by atoms with van der Waals surface area (Å²) in [6.45, 7) is 0. The minimum Gasteiger partial charge on any atom is -0.492 e. The molecule has 0 bridgehead atoms. The van der Waals surface area contributed by atoms with Gasteiger partial charge >= 0.3 is 5.82 Å². The SMILES string of the molecule is COc1c(C(F)F)cc([N+](=O)[O-])nc1CBr. The quantitative estimate of drug-likeness (QED) is 0.487. The Kier molecular flexibility index (Phi) is 4.11. The van der Waals surface area contributed by atoms with E-state index in [4.69, 9.17) is 4.74 Å². The zero-order chi connectivity index (χ0) is 12.3. The average Bonchev–Trinajstić information content (AvgIpc) is 2.26. The summed E-state index contributed by atoms with van der Waals surface area (Å²) in [4.78, 5) is 13.3. The standard InChI is InChI=1S/C8H7BrF2N2O3/c1-16-7-4(8(10)11)2-6(13(14)15)12-5(7)3-9/h2,8H,3H2,1H3. The van der Waals surface area contributed by atoms with Crippen LogP contribution in [0.1, 0.15) is 17.7 Å². The van der Waals surface area contributed by atoms with E-state index in [2.05, 4.69) is 20.9 Å². The molecule has 16 heavy (non-hydrogen) atoms. The summed E-state index contributed by atoms with van der Waals surface area (Å²) in [6, 6.07) is 0.718. The second-order valence-electron chi connectivity index (χ2n) is 2.74. The van der Waals surface area contributed by atoms with E-state index in [-0.39, 0.29) is 16.8 Å². The predicted molar refractivity (Wildman–Crippen MR) is 55.0 cm³/mol. The van der Waals surface area contributed by atoms with Crippen LogP contribution in [0.5, 0.6) is 5.75 Å². The molecular weight excluding hydrogens is 290 g/mol. The third-order valence-corrected chi connectivity index (χ3v) is 2.34. The molecule has 0 spiro atoms. The van der Waals surface area contributed by atoms with E-state index >= 15 is 0 Å². The molecule has 0 N–H and O–H groups in total. The highest BCUT2D eigenvalue weighted by Crippen LogP contribution is 2.34. The van der Waals surface area contributed by atoms with Crippen LogP contribution in [0.2, 0.25) is 0 Å². The molecule has 0 aliphatic heterocycles. The fourth-order valence-electron chi connectivity index (χ4n) is 1.17. The van der Waals surface area contributed by atoms with Gasteiger partial charge in [-0.05, 0) is 9.91 Å². The van der Waals surface area contributed by atoms with Crippen LogP contribution in [0, 0.1) is 10.1 Å². The van der Waals surface area contributed by atoms with Crippen molar-refractivity contribution in [1.82, 2.24) is 4.98 Å². The molecule has 0 amide bonds. The first-order chi connectivity index (χ1) is 7.51. The van der Waals surface area contributed by atoms with Gasteiger partial charge in [-0.2, -0.15) is 0 Å². The molecule has 0 radical (unpaired) electrons. The lowest BCUT2D eigenvalue weighted by Gasteiger charge is -2.08. The summed E-state index contributed by atoms with van der Waals surface area (Å²) in [7, 11) is 1.21. The normalized spacial score (nSPS) is 10.6. The Labute approximate surface area is 97.7 Å². The van der Waals surface area contributed by atoms with Crippen molar-refractivity contribution in [2.75, 3.05) is 7.11 Å². The number of hydrogen-bond acceptors (Lipinski definition) is 4. The topological polar surface area (TPSA) is 65.3 Å². The molecule has 0 atom stereocenters. The molecule has 0 fully saturated rings. The van der Waals surface area contributed by atoms with Crippen molar-refractivity contribution < 1.29 is 18.4 Å². The summed E-state index contributed by atoms with van der Waals surface area (Å²) in [5.74, 6) is -0.747. The fourth-order valence-corrected chi connectivity index (χ4v) is 1.55. The summed E-state index contributed by atoms with van der Waals surface area (Å²) < 4.78 is 30.0. The minimum absolute atomic E-state index is 0.0759. The molecule has 8 heteroatoms. The smallest absolute Gasteiger partial charge is 0.364 e. The Morgan fingerprint density at radius 2 is 2.31 bits per heavy atom. The molecule has 0 aromatic carbocycles. The van der Waals surface area contributed by atoms with E-state index in [0.717, 1.165) is 6.07 Å². The van der Waals surface area contributed by atoms with E-state index in [1.54, 1.807) is 0 Å². The lowest BCUT2D eigenvalue weighted by atomic mass is 10.2. The molecule has 0 saturated heterocycles. The van der Waals surface area contributed by atoms with Crippen molar-refractivity contribution in [1.29, 1.82) is 0 Å². The lowest BCUT2D eigenvalue weighted by Crippen LogP contribution is -2.03. The number of nitro groups is 1. The monoisotopic (exact) mass is 296 g/mol. The van der Waals surface area contributed by atoms with E-state index in [1.807, 2.05) is 0 Å². The zero-order valence-electron chi connectivity index (χ0n) is 8.11. The van der Waals surface area contributed by atoms with Crippen molar-refractivity contribution in [3.63, 3.8) is 0 Å². The Morgan fingerprint density at radius 3 is 2.69 bits per heavy atom. The molecule has 1 aromatic heterocycles. The summed E-state index contributed by atoms with van der Waals surface area (Å²) in [5.41, 5.74) is -0.453. The molecular formula is C8H7BrF2N2O3. The highest BCUT2D eigenvalue weighted by molar-refractivity contribution is 9.08. The van der Waals surface area contributed by atoms with Crippen LogP contribution in [0.3, 0.4) is 0 Å². The van der Waals surface area contributed by atoms with Gasteiger partial charge in [-0.25, -0.2) is 8.78 Å². The van der Waals surface area contributed by atoms with Crippen LogP contribution in [0.25, 0.3) is 0 Å². The average molecular weight is 297 g/mol. The molecule has 0 unspecified atom stereocenters. The molecule has 0 saturated carbocycles. The Hall–Kier alpha value is -1.31. The fraction of sp³-hybridized carbons (Fsp3) is 0.375. The van der Waals surface area contributed by atoms with Crippen LogP contribution in [-0.2, 0) is 5.33 Å². The number of rotatable bonds is 4. The summed E-state index contributed by atoms with van der Waals surface area (Å²) in [6.07, 6.45) is -2.85. The van der Waals surface area contributed by atoms with Gasteiger partial charge in [-0.3, -0.25) is 0 Å². The number of halogens is 3. The van der Waals surface area contributed by atoms with Gasteiger partial charge in [-0.15, -0.1) is 0 Å². The third kappa shape index (κ3) is 2.43. The molecule has 0 aliphatic rings. The van der Waals surface area contributed by atoms with E-state index < -0.39 is 22.7 Å². The van der Waals surface area contributed by atoms with Gasteiger partial charge in [0.15, 0.2) is 5.75 Å². The van der Waals surface area contributed by atoms with Crippen LogP contribution >= 0.6 is 15.9 Å². The second kappa shape index (κ2) is 5.15. The number of alkyl halides is 3. The highest BCUT2D eigenvalue weighted by Gasteiger charge is 2.25. The van der Waals surface area contributed by atoms with Crippen molar-refractivity contribution in [2.45, 2.75) is 11.8 Å². The van der Waals surface area contributed by atoms with Gasteiger partial charge in [0.25, 0.3) is 6.43 Å². The van der Waals surface area contributed by atoms with Gasteiger partial charge in [-0.1, -0.05) is 15.9 Å². The summed E-state index contributed by atoms with van der Waals surface area (Å²) in [5, 5.41) is 10.6. The first kappa shape index (κ1) is 12.8. The van der Waals surface area contributed by atoms with E-state index in [9.17, 15) is 18.9 Å². The van der Waals surface area contributed by atoms with Crippen LogP contribution in [0.4, 0.5) is 14.6 Å². The number of nitrogens with zero attached hydrogens (tertiary/aromatic N) is 2. The van der Waals surface area contributed by atoms with E-state index in [1.165, 1.54) is 7.11 Å². The van der Waals surface area contributed by atoms with Crippen molar-refractivity contribution in [2.24, 2.45) is 0 Å². The van der Waals surface area contributed by atoms with E-state index in [0.29, 0.717) is 0 Å². The maximum absolute atomic E-state index is 12.6. The van der Waals surface area contributed by atoms with Crippen LogP contribution in [0.15, 0.2) is 6.07 Å². The van der Waals surface area contributed by atoms with Crippen LogP contribution in [-0.4, -0.2) is 17.0 Å². The predicted octanol–water partition coefficient (Wildman–Crippen LogP) is 2.83. The maximum Gasteiger partial charge on any atom is 0.364 e. The number of aromatic nitrogens is 1. The number of pyridine rings is 1. The van der Waals surface area contributed by atoms with Crippen molar-refractivity contribution in [3.8, 4) is 5.75 Å². The first-order valence-corrected chi connectivity index (χ1v) is 5.19. The Morgan fingerprint density at radius 1 is 1.69 bits per heavy atom. The summed E-state index contributed by atoms with van der Waals surface area (Å²) >= 11 is 3.01. The van der Waals surface area contributed by atoms with Gasteiger partial charge in [0.2, 0.25) is 5.69 Å². The molecule has 1 aromatic rings.